The van der Waals surface area contributed by atoms with Gasteiger partial charge in [-0.15, -0.1) is 17.9 Å². The maximum Gasteiger partial charge on any atom is 0.322 e. The number of carboxylic acid groups (broad SMARTS) is 1. The number of carbonyl (C=O) groups is 2. The van der Waals surface area contributed by atoms with Gasteiger partial charge in [0.1, 0.15) is 12.3 Å². The maximum absolute atomic E-state index is 12.2. The predicted molar refractivity (Wildman–Crippen MR) is 134 cm³/mol. The van der Waals surface area contributed by atoms with Gasteiger partial charge in [-0.25, -0.2) is 9.67 Å². The number of methoxy groups -OCH3 is 1. The van der Waals surface area contributed by atoms with Crippen LogP contribution < -0.4 is 10.1 Å². The zero-order valence-electron chi connectivity index (χ0n) is 19.5. The fourth-order valence-electron chi connectivity index (χ4n) is 2.93. The van der Waals surface area contributed by atoms with Crippen molar-refractivity contribution >= 4 is 11.9 Å². The van der Waals surface area contributed by atoms with E-state index in [0.29, 0.717) is 22.8 Å². The number of amides is 1. The molecule has 0 aliphatic carbocycles. The van der Waals surface area contributed by atoms with Crippen LogP contribution in [-0.4, -0.2) is 45.4 Å². The SMILES string of the molecule is C#C.COc1ccccc1-c1nc(C(=O)NCC(=O)O)nn1-c1ccccc1.Cc1ccccc1. The average Bonchev–Trinajstić information content (AvgIpc) is 3.35. The zero-order chi connectivity index (χ0) is 25.6. The molecule has 8 nitrogen and oxygen atoms in total. The van der Waals surface area contributed by atoms with Crippen molar-refractivity contribution < 1.29 is 19.4 Å². The molecule has 0 saturated carbocycles. The summed E-state index contributed by atoms with van der Waals surface area (Å²) >= 11 is 0. The normalized spacial score (nSPS) is 9.49. The summed E-state index contributed by atoms with van der Waals surface area (Å²) in [6.07, 6.45) is 8.00. The third-order valence-corrected chi connectivity index (χ3v) is 4.50. The van der Waals surface area contributed by atoms with Gasteiger partial charge in [-0.05, 0) is 31.2 Å². The Hall–Kier alpha value is -4.90. The molecule has 4 rings (SSSR count). The summed E-state index contributed by atoms with van der Waals surface area (Å²) in [5.41, 5.74) is 2.68. The lowest BCUT2D eigenvalue weighted by atomic mass is 10.2. The molecule has 2 N–H and O–H groups in total. The maximum atomic E-state index is 12.2. The van der Waals surface area contributed by atoms with Crippen LogP contribution in [-0.2, 0) is 4.79 Å². The fourth-order valence-corrected chi connectivity index (χ4v) is 2.93. The van der Waals surface area contributed by atoms with Gasteiger partial charge in [0.05, 0.1) is 18.4 Å². The molecule has 0 fully saturated rings. The summed E-state index contributed by atoms with van der Waals surface area (Å²) < 4.78 is 6.90. The Morgan fingerprint density at radius 1 is 0.943 bits per heavy atom. The van der Waals surface area contributed by atoms with Gasteiger partial charge >= 0.3 is 5.97 Å². The molecule has 1 aromatic heterocycles. The average molecular weight is 471 g/mol. The first-order valence-electron chi connectivity index (χ1n) is 10.5. The van der Waals surface area contributed by atoms with Crippen molar-refractivity contribution in [3.8, 4) is 35.7 Å². The van der Waals surface area contributed by atoms with E-state index in [1.54, 1.807) is 19.2 Å². The van der Waals surface area contributed by atoms with Crippen LogP contribution in [0.1, 0.15) is 16.2 Å². The molecular formula is C27H26N4O4. The second-order valence-corrected chi connectivity index (χ2v) is 6.94. The number of aryl methyl sites for hydroxylation is 1. The molecule has 0 spiro atoms. The molecule has 1 amide bonds. The van der Waals surface area contributed by atoms with Crippen LogP contribution in [0.5, 0.6) is 5.75 Å². The van der Waals surface area contributed by atoms with Gasteiger partial charge in [-0.3, -0.25) is 9.59 Å². The number of terminal acetylenes is 1. The van der Waals surface area contributed by atoms with E-state index in [9.17, 15) is 9.59 Å². The van der Waals surface area contributed by atoms with Crippen LogP contribution >= 0.6 is 0 Å². The van der Waals surface area contributed by atoms with Crippen LogP contribution in [0.25, 0.3) is 17.1 Å². The Bertz CT molecular complexity index is 1250. The second kappa shape index (κ2) is 13.6. The minimum atomic E-state index is -1.15. The van der Waals surface area contributed by atoms with E-state index in [2.05, 4.69) is 47.3 Å². The van der Waals surface area contributed by atoms with E-state index in [4.69, 9.17) is 9.84 Å². The van der Waals surface area contributed by atoms with Crippen LogP contribution in [0.15, 0.2) is 84.9 Å². The number of nitrogens with one attached hydrogen (secondary N) is 1. The Kier molecular flexibility index (Phi) is 10.2. The van der Waals surface area contributed by atoms with E-state index in [0.717, 1.165) is 0 Å². The number of aliphatic carboxylic acids is 1. The quantitative estimate of drug-likeness (QED) is 0.413. The van der Waals surface area contributed by atoms with Crippen molar-refractivity contribution in [2.24, 2.45) is 0 Å². The molecule has 0 radical (unpaired) electrons. The molecule has 0 unspecified atom stereocenters. The molecule has 178 valence electrons. The Morgan fingerprint density at radius 3 is 2.06 bits per heavy atom. The topological polar surface area (TPSA) is 106 Å². The fraction of sp³-hybridized carbons (Fsp3) is 0.111. The van der Waals surface area contributed by atoms with Gasteiger partial charge in [0.15, 0.2) is 5.82 Å². The lowest BCUT2D eigenvalue weighted by Crippen LogP contribution is -2.30. The summed E-state index contributed by atoms with van der Waals surface area (Å²) in [4.78, 5) is 27.2. The van der Waals surface area contributed by atoms with Gasteiger partial charge in [-0.1, -0.05) is 66.2 Å². The molecule has 4 aromatic rings. The van der Waals surface area contributed by atoms with Gasteiger partial charge in [0.2, 0.25) is 5.82 Å². The van der Waals surface area contributed by atoms with Crippen molar-refractivity contribution in [2.45, 2.75) is 6.92 Å². The molecule has 1 heterocycles. The molecule has 35 heavy (non-hydrogen) atoms. The van der Waals surface area contributed by atoms with Crippen LogP contribution in [0.2, 0.25) is 0 Å². The third-order valence-electron chi connectivity index (χ3n) is 4.50. The Morgan fingerprint density at radius 2 is 1.51 bits per heavy atom. The minimum absolute atomic E-state index is 0.129. The lowest BCUT2D eigenvalue weighted by molar-refractivity contribution is -0.135. The van der Waals surface area contributed by atoms with Gasteiger partial charge < -0.3 is 15.2 Å². The molecule has 0 aliphatic heterocycles. The minimum Gasteiger partial charge on any atom is -0.496 e. The summed E-state index contributed by atoms with van der Waals surface area (Å²) in [6.45, 7) is 1.57. The lowest BCUT2D eigenvalue weighted by Gasteiger charge is -2.09. The molecule has 0 aliphatic rings. The highest BCUT2D eigenvalue weighted by Gasteiger charge is 2.21. The van der Waals surface area contributed by atoms with Crippen molar-refractivity contribution in [1.82, 2.24) is 20.1 Å². The van der Waals surface area contributed by atoms with Crippen LogP contribution in [0, 0.1) is 19.8 Å². The number of para-hydroxylation sites is 2. The second-order valence-electron chi connectivity index (χ2n) is 6.94. The van der Waals surface area contributed by atoms with Gasteiger partial charge in [0.25, 0.3) is 5.91 Å². The Labute approximate surface area is 204 Å². The number of rotatable bonds is 6. The van der Waals surface area contributed by atoms with E-state index in [1.165, 1.54) is 10.2 Å². The Balaban J connectivity index is 0.000000407. The predicted octanol–water partition coefficient (Wildman–Crippen LogP) is 4.00. The number of ether oxygens (including phenoxy) is 1. The van der Waals surface area contributed by atoms with Gasteiger partial charge in [0, 0.05) is 0 Å². The first-order chi connectivity index (χ1) is 17.0. The zero-order valence-corrected chi connectivity index (χ0v) is 19.5. The highest BCUT2D eigenvalue weighted by atomic mass is 16.5. The van der Waals surface area contributed by atoms with Crippen molar-refractivity contribution in [1.29, 1.82) is 0 Å². The smallest absolute Gasteiger partial charge is 0.322 e. The van der Waals surface area contributed by atoms with E-state index >= 15 is 0 Å². The first-order valence-corrected chi connectivity index (χ1v) is 10.5. The third kappa shape index (κ3) is 7.58. The van der Waals surface area contributed by atoms with E-state index in [-0.39, 0.29) is 5.82 Å². The number of benzene rings is 3. The van der Waals surface area contributed by atoms with E-state index in [1.807, 2.05) is 60.7 Å². The van der Waals surface area contributed by atoms with Crippen molar-refractivity contribution in [3.63, 3.8) is 0 Å². The molecule has 0 bridgehead atoms. The molecule has 0 saturated heterocycles. The summed E-state index contributed by atoms with van der Waals surface area (Å²) in [5, 5.41) is 15.2. The molecule has 0 atom stereocenters. The van der Waals surface area contributed by atoms with Crippen LogP contribution in [0.3, 0.4) is 0 Å². The number of carboxylic acids is 1. The number of nitrogens with zero attached hydrogens (tertiary/aromatic N) is 3. The van der Waals surface area contributed by atoms with Crippen molar-refractivity contribution in [2.75, 3.05) is 13.7 Å². The van der Waals surface area contributed by atoms with Crippen molar-refractivity contribution in [3.05, 3.63) is 96.3 Å². The summed E-state index contributed by atoms with van der Waals surface area (Å²) in [5.74, 6) is -0.955. The number of carbonyl (C=O) groups excluding carboxylic acids is 1. The summed E-state index contributed by atoms with van der Waals surface area (Å²) in [7, 11) is 1.54. The summed E-state index contributed by atoms with van der Waals surface area (Å²) in [6, 6.07) is 26.7. The standard InChI is InChI=1S/C18H16N4O4.C7H8.C2H2/c1-26-14-10-6-5-9-13(14)17-20-16(18(25)19-11-15(23)24)21-22(17)12-7-3-2-4-8-12;1-7-5-3-2-4-6-7;1-2/h2-10H,11H2,1H3,(H,19,25)(H,23,24);2-6H,1H3;1-2H. The highest BCUT2D eigenvalue weighted by Crippen LogP contribution is 2.29. The number of aromatic nitrogens is 3. The van der Waals surface area contributed by atoms with Crippen LogP contribution in [0.4, 0.5) is 0 Å². The number of hydrogen-bond acceptors (Lipinski definition) is 5. The molecular weight excluding hydrogens is 444 g/mol. The first kappa shape index (κ1) is 26.4. The van der Waals surface area contributed by atoms with E-state index < -0.39 is 18.4 Å². The van der Waals surface area contributed by atoms with Gasteiger partial charge in [-0.2, -0.15) is 0 Å². The largest absolute Gasteiger partial charge is 0.496 e. The number of hydrogen-bond donors (Lipinski definition) is 2. The molecule has 8 heteroatoms. The highest BCUT2D eigenvalue weighted by molar-refractivity contribution is 5.93. The monoisotopic (exact) mass is 470 g/mol. The molecule has 3 aromatic carbocycles.